The van der Waals surface area contributed by atoms with Crippen LogP contribution in [-0.4, -0.2) is 47.1 Å². The number of ether oxygens (including phenoxy) is 2. The summed E-state index contributed by atoms with van der Waals surface area (Å²) in [6.45, 7) is 4.15. The summed E-state index contributed by atoms with van der Waals surface area (Å²) in [4.78, 5) is 16.4. The van der Waals surface area contributed by atoms with Crippen molar-refractivity contribution in [2.45, 2.75) is 57.6 Å². The molecule has 1 fully saturated rings. The fraction of sp³-hybridized carbons (Fsp3) is 0.550. The van der Waals surface area contributed by atoms with Crippen LogP contribution in [0.4, 0.5) is 0 Å². The summed E-state index contributed by atoms with van der Waals surface area (Å²) >= 11 is 0. The Bertz CT molecular complexity index is 818. The average Bonchev–Trinajstić information content (AvgIpc) is 3.07. The van der Waals surface area contributed by atoms with Crippen LogP contribution in [0.1, 0.15) is 48.0 Å². The molecule has 0 radical (unpaired) electrons. The van der Waals surface area contributed by atoms with E-state index in [2.05, 4.69) is 25.0 Å². The molecule has 1 aromatic carbocycles. The van der Waals surface area contributed by atoms with Crippen LogP contribution in [0, 0.1) is 13.8 Å². The Hall–Kier alpha value is -2.25. The zero-order valence-corrected chi connectivity index (χ0v) is 16.4. The number of rotatable bonds is 5. The minimum absolute atomic E-state index is 0.0402. The molecule has 146 valence electrons. The van der Waals surface area contributed by atoms with Gasteiger partial charge in [0.2, 0.25) is 0 Å². The Labute approximate surface area is 159 Å². The molecule has 2 N–H and O–H groups in total. The summed E-state index contributed by atoms with van der Waals surface area (Å²) in [5, 5.41) is 4.64. The minimum atomic E-state index is -0.348. The molecule has 0 bridgehead atoms. The molecule has 7 heteroatoms. The number of carbonyl (C=O) groups excluding carboxylic acids is 1. The Balaban J connectivity index is 2.01. The van der Waals surface area contributed by atoms with E-state index in [9.17, 15) is 4.79 Å². The smallest absolute Gasteiger partial charge is 0.313 e. The van der Waals surface area contributed by atoms with Gasteiger partial charge in [0.25, 0.3) is 0 Å². The molecule has 2 aromatic rings. The molecule has 0 unspecified atom stereocenters. The molecule has 1 saturated carbocycles. The van der Waals surface area contributed by atoms with Gasteiger partial charge in [0.1, 0.15) is 12.2 Å². The molecule has 1 aliphatic rings. The van der Waals surface area contributed by atoms with E-state index >= 15 is 0 Å². The van der Waals surface area contributed by atoms with E-state index in [1.54, 1.807) is 7.11 Å². The molecule has 7 nitrogen and oxygen atoms in total. The van der Waals surface area contributed by atoms with Crippen LogP contribution in [0.25, 0.3) is 5.69 Å². The van der Waals surface area contributed by atoms with Crippen molar-refractivity contribution in [2.75, 3.05) is 14.2 Å². The second kappa shape index (κ2) is 8.19. The Morgan fingerprint density at radius 2 is 2.07 bits per heavy atom. The van der Waals surface area contributed by atoms with Crippen molar-refractivity contribution < 1.29 is 14.3 Å². The summed E-state index contributed by atoms with van der Waals surface area (Å²) in [6.07, 6.45) is 2.72. The highest BCUT2D eigenvalue weighted by atomic mass is 16.5. The number of nitrogens with two attached hydrogens (primary N) is 1. The molecular formula is C20H28N4O3. The third-order valence-corrected chi connectivity index (χ3v) is 5.51. The summed E-state index contributed by atoms with van der Waals surface area (Å²) in [6, 6.07) is 6.08. The van der Waals surface area contributed by atoms with Crippen molar-refractivity contribution in [3.05, 3.63) is 41.0 Å². The number of nitrogens with zero attached hydrogens (tertiary/aromatic N) is 3. The van der Waals surface area contributed by atoms with E-state index in [1.807, 2.05) is 16.8 Å². The Morgan fingerprint density at radius 1 is 1.30 bits per heavy atom. The topological polar surface area (TPSA) is 92.3 Å². The summed E-state index contributed by atoms with van der Waals surface area (Å²) in [7, 11) is 3.08. The fourth-order valence-corrected chi connectivity index (χ4v) is 3.76. The van der Waals surface area contributed by atoms with Gasteiger partial charge in [-0.1, -0.05) is 12.1 Å². The highest BCUT2D eigenvalue weighted by Gasteiger charge is 2.32. The fourth-order valence-electron chi connectivity index (χ4n) is 3.76. The lowest BCUT2D eigenvalue weighted by atomic mass is 9.83. The van der Waals surface area contributed by atoms with Crippen molar-refractivity contribution in [3.8, 4) is 5.69 Å². The van der Waals surface area contributed by atoms with Crippen LogP contribution in [-0.2, 0) is 20.7 Å². The molecule has 0 amide bonds. The second-order valence-electron chi connectivity index (χ2n) is 7.22. The number of aromatic nitrogens is 3. The minimum Gasteiger partial charge on any atom is -0.469 e. The Kier molecular flexibility index (Phi) is 5.92. The van der Waals surface area contributed by atoms with Gasteiger partial charge in [-0.15, -0.1) is 0 Å². The van der Waals surface area contributed by atoms with Crippen molar-refractivity contribution in [3.63, 3.8) is 0 Å². The second-order valence-corrected chi connectivity index (χ2v) is 7.22. The predicted molar refractivity (Wildman–Crippen MR) is 102 cm³/mol. The number of benzene rings is 1. The first-order valence-electron chi connectivity index (χ1n) is 9.32. The first-order valence-corrected chi connectivity index (χ1v) is 9.32. The number of methoxy groups -OCH3 is 2. The van der Waals surface area contributed by atoms with Crippen LogP contribution in [0.15, 0.2) is 18.2 Å². The standard InChI is InChI=1S/C20H28N4O3/c1-12-6-5-7-16(13(12)2)24-20(22-18(23-24)11-19(25)27-4)14-8-9-17(26-3)15(21)10-14/h5-7,14-15,17H,8-11,21H2,1-4H3/t14-,15+,17+/m0/s1. The van der Waals surface area contributed by atoms with E-state index in [0.717, 1.165) is 36.3 Å². The summed E-state index contributed by atoms with van der Waals surface area (Å²) in [5.74, 6) is 1.15. The van der Waals surface area contributed by atoms with Gasteiger partial charge in [0, 0.05) is 19.1 Å². The molecule has 0 saturated heterocycles. The number of hydrogen-bond acceptors (Lipinski definition) is 6. The lowest BCUT2D eigenvalue weighted by Gasteiger charge is -2.32. The van der Waals surface area contributed by atoms with E-state index in [-0.39, 0.29) is 30.5 Å². The zero-order valence-electron chi connectivity index (χ0n) is 16.4. The van der Waals surface area contributed by atoms with Crippen LogP contribution in [0.5, 0.6) is 0 Å². The van der Waals surface area contributed by atoms with E-state index in [4.69, 9.17) is 20.2 Å². The SMILES string of the molecule is COC(=O)Cc1nc([C@H]2CC[C@@H](OC)[C@H](N)C2)n(-c2cccc(C)c2C)n1. The summed E-state index contributed by atoms with van der Waals surface area (Å²) in [5.41, 5.74) is 9.62. The first-order chi connectivity index (χ1) is 12.9. The van der Waals surface area contributed by atoms with Crippen LogP contribution < -0.4 is 5.73 Å². The van der Waals surface area contributed by atoms with E-state index < -0.39 is 0 Å². The zero-order chi connectivity index (χ0) is 19.6. The van der Waals surface area contributed by atoms with Crippen molar-refractivity contribution in [1.29, 1.82) is 0 Å². The molecule has 27 heavy (non-hydrogen) atoms. The lowest BCUT2D eigenvalue weighted by Crippen LogP contribution is -2.41. The van der Waals surface area contributed by atoms with Gasteiger partial charge in [0.05, 0.1) is 18.9 Å². The molecular weight excluding hydrogens is 344 g/mol. The number of esters is 1. The third-order valence-electron chi connectivity index (χ3n) is 5.51. The highest BCUT2D eigenvalue weighted by molar-refractivity contribution is 5.71. The van der Waals surface area contributed by atoms with Gasteiger partial charge in [-0.3, -0.25) is 4.79 Å². The quantitative estimate of drug-likeness (QED) is 0.809. The monoisotopic (exact) mass is 372 g/mol. The van der Waals surface area contributed by atoms with Gasteiger partial charge in [-0.2, -0.15) is 5.10 Å². The molecule has 1 heterocycles. The van der Waals surface area contributed by atoms with Gasteiger partial charge < -0.3 is 15.2 Å². The number of carbonyl (C=O) groups is 1. The third kappa shape index (κ3) is 4.04. The molecule has 1 aliphatic carbocycles. The van der Waals surface area contributed by atoms with Crippen LogP contribution in [0.3, 0.4) is 0 Å². The van der Waals surface area contributed by atoms with Gasteiger partial charge in [-0.05, 0) is 50.3 Å². The predicted octanol–water partition coefficient (Wildman–Crippen LogP) is 2.21. The maximum Gasteiger partial charge on any atom is 0.313 e. The maximum absolute atomic E-state index is 11.7. The number of aryl methyl sites for hydroxylation is 1. The van der Waals surface area contributed by atoms with Crippen molar-refractivity contribution in [1.82, 2.24) is 14.8 Å². The molecule has 0 spiro atoms. The first kappa shape index (κ1) is 19.5. The van der Waals surface area contributed by atoms with Gasteiger partial charge in [0.15, 0.2) is 5.82 Å². The molecule has 3 atom stereocenters. The summed E-state index contributed by atoms with van der Waals surface area (Å²) < 4.78 is 12.1. The van der Waals surface area contributed by atoms with E-state index in [0.29, 0.717) is 5.82 Å². The maximum atomic E-state index is 11.7. The molecule has 0 aliphatic heterocycles. The van der Waals surface area contributed by atoms with Crippen molar-refractivity contribution >= 4 is 5.97 Å². The van der Waals surface area contributed by atoms with Crippen molar-refractivity contribution in [2.24, 2.45) is 5.73 Å². The normalized spacial score (nSPS) is 22.6. The molecule has 1 aromatic heterocycles. The van der Waals surface area contributed by atoms with Gasteiger partial charge >= 0.3 is 5.97 Å². The Morgan fingerprint density at radius 3 is 2.74 bits per heavy atom. The van der Waals surface area contributed by atoms with E-state index in [1.165, 1.54) is 12.7 Å². The van der Waals surface area contributed by atoms with Gasteiger partial charge in [-0.25, -0.2) is 9.67 Å². The number of hydrogen-bond donors (Lipinski definition) is 1. The van der Waals surface area contributed by atoms with Crippen LogP contribution >= 0.6 is 0 Å². The molecule has 3 rings (SSSR count). The average molecular weight is 372 g/mol. The largest absolute Gasteiger partial charge is 0.469 e. The highest BCUT2D eigenvalue weighted by Crippen LogP contribution is 2.34. The van der Waals surface area contributed by atoms with Crippen LogP contribution in [0.2, 0.25) is 0 Å². The lowest BCUT2D eigenvalue weighted by molar-refractivity contribution is -0.139.